The highest BCUT2D eigenvalue weighted by atomic mass is 35.5. The quantitative estimate of drug-likeness (QED) is 0.795. The number of nitrogens with one attached hydrogen (secondary N) is 1. The summed E-state index contributed by atoms with van der Waals surface area (Å²) < 4.78 is 32.4. The van der Waals surface area contributed by atoms with E-state index in [2.05, 4.69) is 5.32 Å². The van der Waals surface area contributed by atoms with E-state index < -0.39 is 15.9 Å². The number of ether oxygens (including phenoxy) is 1. The molecule has 10 heteroatoms. The monoisotopic (exact) mass is 435 g/mol. The first kappa shape index (κ1) is 19.8. The van der Waals surface area contributed by atoms with Gasteiger partial charge in [0.05, 0.1) is 40.1 Å². The van der Waals surface area contributed by atoms with E-state index in [0.717, 1.165) is 0 Å². The van der Waals surface area contributed by atoms with Crippen molar-refractivity contribution in [1.82, 2.24) is 4.31 Å². The minimum Gasteiger partial charge on any atom is -0.379 e. The summed E-state index contributed by atoms with van der Waals surface area (Å²) in [6, 6.07) is 10.9. The predicted molar refractivity (Wildman–Crippen MR) is 108 cm³/mol. The van der Waals surface area contributed by atoms with Gasteiger partial charge in [0, 0.05) is 13.1 Å². The summed E-state index contributed by atoms with van der Waals surface area (Å²) in [5, 5.41) is 2.82. The number of carbonyl (C=O) groups excluding carboxylic acids is 2. The third-order valence-corrected chi connectivity index (χ3v) is 7.02. The Kier molecular flexibility index (Phi) is 5.30. The number of morpholine rings is 1. The van der Waals surface area contributed by atoms with E-state index in [-0.39, 0.29) is 41.0 Å². The Morgan fingerprint density at radius 3 is 2.59 bits per heavy atom. The van der Waals surface area contributed by atoms with E-state index in [1.807, 2.05) is 0 Å². The SMILES string of the molecule is O=C1CN(C(=O)c2cc(S(=O)(=O)N3CCOCC3)ccc2Cl)c2ccccc2N1. The van der Waals surface area contributed by atoms with Gasteiger partial charge in [0.2, 0.25) is 15.9 Å². The molecule has 0 aromatic heterocycles. The maximum absolute atomic E-state index is 13.2. The summed E-state index contributed by atoms with van der Waals surface area (Å²) in [4.78, 5) is 26.5. The van der Waals surface area contributed by atoms with E-state index in [9.17, 15) is 18.0 Å². The number of benzene rings is 2. The molecule has 2 heterocycles. The van der Waals surface area contributed by atoms with Crippen LogP contribution in [0.25, 0.3) is 0 Å². The summed E-state index contributed by atoms with van der Waals surface area (Å²) >= 11 is 6.23. The summed E-state index contributed by atoms with van der Waals surface area (Å²) in [6.45, 7) is 0.936. The fraction of sp³-hybridized carbons (Fsp3) is 0.263. The number of hydrogen-bond acceptors (Lipinski definition) is 5. The van der Waals surface area contributed by atoms with E-state index in [1.54, 1.807) is 24.3 Å². The maximum Gasteiger partial charge on any atom is 0.260 e. The first-order valence-corrected chi connectivity index (χ1v) is 10.8. The van der Waals surface area contributed by atoms with Gasteiger partial charge in [-0.2, -0.15) is 4.31 Å². The van der Waals surface area contributed by atoms with Gasteiger partial charge in [-0.1, -0.05) is 23.7 Å². The number of nitrogens with zero attached hydrogens (tertiary/aromatic N) is 2. The molecule has 0 saturated carbocycles. The Hall–Kier alpha value is -2.46. The lowest BCUT2D eigenvalue weighted by Crippen LogP contribution is -2.42. The zero-order chi connectivity index (χ0) is 20.6. The van der Waals surface area contributed by atoms with Crippen molar-refractivity contribution in [2.24, 2.45) is 0 Å². The second kappa shape index (κ2) is 7.75. The molecule has 1 fully saturated rings. The topological polar surface area (TPSA) is 96.0 Å². The minimum absolute atomic E-state index is 0.0190. The summed E-state index contributed by atoms with van der Waals surface area (Å²) in [7, 11) is -3.79. The Morgan fingerprint density at radius 1 is 1.10 bits per heavy atom. The molecular formula is C19H18ClN3O5S. The third-order valence-electron chi connectivity index (χ3n) is 4.79. The average Bonchev–Trinajstić information content (AvgIpc) is 2.73. The highest BCUT2D eigenvalue weighted by Gasteiger charge is 2.31. The van der Waals surface area contributed by atoms with Gasteiger partial charge in [-0.15, -0.1) is 0 Å². The molecule has 29 heavy (non-hydrogen) atoms. The van der Waals surface area contributed by atoms with Crippen molar-refractivity contribution in [3.05, 3.63) is 53.1 Å². The lowest BCUT2D eigenvalue weighted by Gasteiger charge is -2.30. The molecule has 0 atom stereocenters. The number of fused-ring (bicyclic) bond motifs is 1. The zero-order valence-electron chi connectivity index (χ0n) is 15.3. The third kappa shape index (κ3) is 3.74. The van der Waals surface area contributed by atoms with Crippen molar-refractivity contribution in [3.8, 4) is 0 Å². The van der Waals surface area contributed by atoms with E-state index in [1.165, 1.54) is 27.4 Å². The Bertz CT molecular complexity index is 1080. The van der Waals surface area contributed by atoms with Crippen LogP contribution < -0.4 is 10.2 Å². The lowest BCUT2D eigenvalue weighted by molar-refractivity contribution is -0.115. The molecule has 0 bridgehead atoms. The van der Waals surface area contributed by atoms with Crippen molar-refractivity contribution < 1.29 is 22.7 Å². The number of halogens is 1. The van der Waals surface area contributed by atoms with Crippen LogP contribution in [-0.2, 0) is 19.6 Å². The van der Waals surface area contributed by atoms with Crippen molar-refractivity contribution in [3.63, 3.8) is 0 Å². The van der Waals surface area contributed by atoms with E-state index in [0.29, 0.717) is 24.6 Å². The van der Waals surface area contributed by atoms with Crippen LogP contribution >= 0.6 is 11.6 Å². The van der Waals surface area contributed by atoms with E-state index >= 15 is 0 Å². The smallest absolute Gasteiger partial charge is 0.260 e. The molecule has 8 nitrogen and oxygen atoms in total. The van der Waals surface area contributed by atoms with E-state index in [4.69, 9.17) is 16.3 Å². The van der Waals surface area contributed by atoms with Crippen LogP contribution in [0.3, 0.4) is 0 Å². The number of hydrogen-bond donors (Lipinski definition) is 1. The molecule has 2 aromatic rings. The molecule has 152 valence electrons. The standard InChI is InChI=1S/C19H18ClN3O5S/c20-15-6-5-13(29(26,27)22-7-9-28-10-8-22)11-14(15)19(25)23-12-18(24)21-16-3-1-2-4-17(16)23/h1-6,11H,7-10,12H2,(H,21,24). The normalized spacial score (nSPS) is 17.6. The fourth-order valence-corrected chi connectivity index (χ4v) is 4.96. The molecule has 0 spiro atoms. The first-order valence-electron chi connectivity index (χ1n) is 8.96. The second-order valence-corrected chi connectivity index (χ2v) is 8.96. The summed E-state index contributed by atoms with van der Waals surface area (Å²) in [6.07, 6.45) is 0. The molecular weight excluding hydrogens is 418 g/mol. The van der Waals surface area contributed by atoms with Crippen molar-refractivity contribution >= 4 is 44.8 Å². The van der Waals surface area contributed by atoms with Gasteiger partial charge in [-0.25, -0.2) is 8.42 Å². The highest BCUT2D eigenvalue weighted by Crippen LogP contribution is 2.32. The van der Waals surface area contributed by atoms with Crippen LogP contribution in [0.2, 0.25) is 5.02 Å². The minimum atomic E-state index is -3.79. The Morgan fingerprint density at radius 2 is 1.83 bits per heavy atom. The summed E-state index contributed by atoms with van der Waals surface area (Å²) in [5.41, 5.74) is 1.05. The molecule has 2 aliphatic heterocycles. The van der Waals surface area contributed by atoms with Crippen LogP contribution in [0.15, 0.2) is 47.4 Å². The molecule has 2 aromatic carbocycles. The number of amides is 2. The van der Waals surface area contributed by atoms with Crippen LogP contribution in [0, 0.1) is 0 Å². The number of para-hydroxylation sites is 2. The molecule has 1 N–H and O–H groups in total. The molecule has 0 unspecified atom stereocenters. The van der Waals surface area contributed by atoms with Gasteiger partial charge in [-0.3, -0.25) is 14.5 Å². The molecule has 2 aliphatic rings. The largest absolute Gasteiger partial charge is 0.379 e. The van der Waals surface area contributed by atoms with Crippen molar-refractivity contribution in [1.29, 1.82) is 0 Å². The Labute approximate surface area is 173 Å². The molecule has 0 radical (unpaired) electrons. The fourth-order valence-electron chi connectivity index (χ4n) is 3.32. The average molecular weight is 436 g/mol. The molecule has 0 aliphatic carbocycles. The van der Waals surface area contributed by atoms with Crippen molar-refractivity contribution in [2.45, 2.75) is 4.90 Å². The predicted octanol–water partition coefficient (Wildman–Crippen LogP) is 1.96. The number of anilines is 2. The van der Waals surface area contributed by atoms with Crippen LogP contribution in [-0.4, -0.2) is 57.4 Å². The molecule has 1 saturated heterocycles. The zero-order valence-corrected chi connectivity index (χ0v) is 16.9. The van der Waals surface area contributed by atoms with Gasteiger partial charge in [0.1, 0.15) is 6.54 Å². The summed E-state index contributed by atoms with van der Waals surface area (Å²) in [5.74, 6) is -0.887. The number of carbonyl (C=O) groups is 2. The van der Waals surface area contributed by atoms with Crippen LogP contribution in [0.5, 0.6) is 0 Å². The Balaban J connectivity index is 1.72. The van der Waals surface area contributed by atoms with Gasteiger partial charge in [0.25, 0.3) is 5.91 Å². The van der Waals surface area contributed by atoms with Gasteiger partial charge in [0.15, 0.2) is 0 Å². The maximum atomic E-state index is 13.2. The van der Waals surface area contributed by atoms with Gasteiger partial charge < -0.3 is 10.1 Å². The highest BCUT2D eigenvalue weighted by molar-refractivity contribution is 7.89. The van der Waals surface area contributed by atoms with Crippen molar-refractivity contribution in [2.75, 3.05) is 43.1 Å². The van der Waals surface area contributed by atoms with Gasteiger partial charge in [-0.05, 0) is 30.3 Å². The van der Waals surface area contributed by atoms with Crippen LogP contribution in [0.4, 0.5) is 11.4 Å². The van der Waals surface area contributed by atoms with Gasteiger partial charge >= 0.3 is 0 Å². The second-order valence-electron chi connectivity index (χ2n) is 6.61. The molecule has 2 amide bonds. The lowest BCUT2D eigenvalue weighted by atomic mass is 10.1. The first-order chi connectivity index (χ1) is 13.9. The van der Waals surface area contributed by atoms with Crippen LogP contribution in [0.1, 0.15) is 10.4 Å². The number of rotatable bonds is 3. The molecule has 4 rings (SSSR count). The number of sulfonamides is 1.